The number of nitro groups is 1. The predicted octanol–water partition coefficient (Wildman–Crippen LogP) is 0.314. The van der Waals surface area contributed by atoms with E-state index in [1.807, 2.05) is 0 Å². The molecule has 0 aliphatic carbocycles. The average Bonchev–Trinajstić information content (AvgIpc) is 2.36. The molecule has 0 bridgehead atoms. The number of rotatable bonds is 1. The molecule has 1 aromatic rings. The summed E-state index contributed by atoms with van der Waals surface area (Å²) in [5, 5.41) is 10.4. The minimum absolute atomic E-state index is 0.106. The van der Waals surface area contributed by atoms with Crippen LogP contribution in [0.15, 0.2) is 18.2 Å². The summed E-state index contributed by atoms with van der Waals surface area (Å²) in [5.74, 6) is 0.463. The van der Waals surface area contributed by atoms with Crippen LogP contribution in [0.4, 0.5) is 5.69 Å². The van der Waals surface area contributed by atoms with E-state index < -0.39 is 10.5 Å². The lowest BCUT2D eigenvalue weighted by molar-refractivity contribution is -0.384. The first-order chi connectivity index (χ1) is 6.48. The molecule has 1 aliphatic rings. The SMILES string of the molecule is [B]C1([B])Oc2ccc([N+](=O)[O-])cc2O1. The summed E-state index contributed by atoms with van der Waals surface area (Å²) in [6.45, 7) is 0. The Morgan fingerprint density at radius 1 is 1.29 bits per heavy atom. The largest absolute Gasteiger partial charge is 0.468 e. The molecule has 0 saturated carbocycles. The van der Waals surface area contributed by atoms with Gasteiger partial charge in [0.2, 0.25) is 0 Å². The molecule has 0 spiro atoms. The van der Waals surface area contributed by atoms with E-state index in [1.54, 1.807) is 0 Å². The maximum Gasteiger partial charge on any atom is 0.273 e. The maximum atomic E-state index is 10.4. The van der Waals surface area contributed by atoms with E-state index in [4.69, 9.17) is 25.2 Å². The van der Waals surface area contributed by atoms with Crippen LogP contribution in [0.25, 0.3) is 0 Å². The van der Waals surface area contributed by atoms with Gasteiger partial charge in [0.25, 0.3) is 5.69 Å². The highest BCUT2D eigenvalue weighted by Gasteiger charge is 2.31. The van der Waals surface area contributed by atoms with Crippen LogP contribution in [0.3, 0.4) is 0 Å². The normalized spacial score (nSPS) is 16.6. The lowest BCUT2D eigenvalue weighted by atomic mass is 9.76. The van der Waals surface area contributed by atoms with Crippen molar-refractivity contribution < 1.29 is 14.4 Å². The molecule has 1 aliphatic heterocycles. The van der Waals surface area contributed by atoms with Gasteiger partial charge < -0.3 is 9.47 Å². The van der Waals surface area contributed by atoms with Crippen molar-refractivity contribution in [3.8, 4) is 11.5 Å². The van der Waals surface area contributed by atoms with Gasteiger partial charge in [-0.05, 0) is 6.07 Å². The van der Waals surface area contributed by atoms with Crippen molar-refractivity contribution in [3.63, 3.8) is 0 Å². The molecular weight excluding hydrogens is 184 g/mol. The van der Waals surface area contributed by atoms with Crippen LogP contribution in [0, 0.1) is 10.1 Å². The average molecular weight is 187 g/mol. The molecule has 5 nitrogen and oxygen atoms in total. The van der Waals surface area contributed by atoms with Gasteiger partial charge in [-0.25, -0.2) is 0 Å². The van der Waals surface area contributed by atoms with E-state index >= 15 is 0 Å². The van der Waals surface area contributed by atoms with Gasteiger partial charge in [0, 0.05) is 6.07 Å². The third-order valence-electron chi connectivity index (χ3n) is 1.68. The number of benzene rings is 1. The van der Waals surface area contributed by atoms with Crippen molar-refractivity contribution in [2.24, 2.45) is 0 Å². The van der Waals surface area contributed by atoms with Gasteiger partial charge in [0.05, 0.1) is 11.0 Å². The first kappa shape index (κ1) is 8.93. The van der Waals surface area contributed by atoms with Gasteiger partial charge in [-0.1, -0.05) is 0 Å². The quantitative estimate of drug-likeness (QED) is 0.360. The molecule has 0 atom stereocenters. The van der Waals surface area contributed by atoms with Crippen molar-refractivity contribution in [3.05, 3.63) is 28.3 Å². The van der Waals surface area contributed by atoms with Crippen molar-refractivity contribution >= 4 is 21.4 Å². The van der Waals surface area contributed by atoms with Gasteiger partial charge in [0.15, 0.2) is 32.8 Å². The van der Waals surface area contributed by atoms with E-state index in [9.17, 15) is 10.1 Å². The molecule has 14 heavy (non-hydrogen) atoms. The topological polar surface area (TPSA) is 61.6 Å². The smallest absolute Gasteiger partial charge is 0.273 e. The molecule has 0 aromatic heterocycles. The minimum Gasteiger partial charge on any atom is -0.468 e. The third-order valence-corrected chi connectivity index (χ3v) is 1.68. The van der Waals surface area contributed by atoms with Crippen molar-refractivity contribution in [1.29, 1.82) is 0 Å². The van der Waals surface area contributed by atoms with Gasteiger partial charge >= 0.3 is 0 Å². The highest BCUT2D eigenvalue weighted by atomic mass is 16.7. The number of nitro benzene ring substituents is 1. The second-order valence-electron chi connectivity index (χ2n) is 2.81. The Labute approximate surface area is 82.0 Å². The summed E-state index contributed by atoms with van der Waals surface area (Å²) in [4.78, 5) is 9.86. The summed E-state index contributed by atoms with van der Waals surface area (Å²) >= 11 is 0. The zero-order chi connectivity index (χ0) is 10.3. The van der Waals surface area contributed by atoms with Crippen LogP contribution in [0.5, 0.6) is 11.5 Å². The van der Waals surface area contributed by atoms with Gasteiger partial charge in [0.1, 0.15) is 0 Å². The Morgan fingerprint density at radius 2 is 1.93 bits per heavy atom. The van der Waals surface area contributed by atoms with E-state index in [-0.39, 0.29) is 11.4 Å². The number of hydrogen-bond acceptors (Lipinski definition) is 4. The van der Waals surface area contributed by atoms with E-state index in [1.165, 1.54) is 18.2 Å². The second-order valence-corrected chi connectivity index (χ2v) is 2.81. The standard InChI is InChI=1S/C7H3B2NO4/c8-7(9)13-5-2-1-4(10(11)12)3-6(5)14-7/h1-3H. The number of non-ortho nitro benzene ring substituents is 1. The van der Waals surface area contributed by atoms with Crippen LogP contribution >= 0.6 is 0 Å². The lowest BCUT2D eigenvalue weighted by Crippen LogP contribution is -2.39. The molecule has 4 radical (unpaired) electrons. The molecule has 1 aromatic carbocycles. The molecule has 66 valence electrons. The number of hydrogen-bond donors (Lipinski definition) is 0. The Bertz CT molecular complexity index is 407. The van der Waals surface area contributed by atoms with E-state index in [0.717, 1.165) is 0 Å². The first-order valence-electron chi connectivity index (χ1n) is 3.72. The Morgan fingerprint density at radius 3 is 2.57 bits per heavy atom. The zero-order valence-corrected chi connectivity index (χ0v) is 6.97. The van der Waals surface area contributed by atoms with Crippen LogP contribution in [0.1, 0.15) is 0 Å². The monoisotopic (exact) mass is 187 g/mol. The third kappa shape index (κ3) is 1.41. The highest BCUT2D eigenvalue weighted by molar-refractivity contribution is 6.38. The molecular formula is C7H3B2NO4. The molecule has 1 heterocycles. The Kier molecular flexibility index (Phi) is 1.70. The fourth-order valence-electron chi connectivity index (χ4n) is 1.14. The summed E-state index contributed by atoms with van der Waals surface area (Å²) in [6.07, 6.45) is 0. The first-order valence-corrected chi connectivity index (χ1v) is 3.72. The molecule has 0 saturated heterocycles. The van der Waals surface area contributed by atoms with Crippen molar-refractivity contribution in [1.82, 2.24) is 0 Å². The van der Waals surface area contributed by atoms with Crippen molar-refractivity contribution in [2.75, 3.05) is 0 Å². The van der Waals surface area contributed by atoms with E-state index in [0.29, 0.717) is 5.75 Å². The minimum atomic E-state index is -1.74. The molecule has 0 unspecified atom stereocenters. The fourth-order valence-corrected chi connectivity index (χ4v) is 1.14. The van der Waals surface area contributed by atoms with Gasteiger partial charge in [-0.2, -0.15) is 0 Å². The van der Waals surface area contributed by atoms with Crippen LogP contribution in [0.2, 0.25) is 0 Å². The molecule has 2 rings (SSSR count). The summed E-state index contributed by atoms with van der Waals surface area (Å²) in [6, 6.07) is 3.87. The lowest BCUT2D eigenvalue weighted by Gasteiger charge is -2.18. The molecule has 7 heteroatoms. The fraction of sp³-hybridized carbons (Fsp3) is 0.143. The summed E-state index contributed by atoms with van der Waals surface area (Å²) in [5.41, 5.74) is -1.84. The number of ether oxygens (including phenoxy) is 2. The van der Waals surface area contributed by atoms with Crippen LogP contribution < -0.4 is 9.47 Å². The molecule has 0 amide bonds. The maximum absolute atomic E-state index is 10.4. The van der Waals surface area contributed by atoms with Crippen LogP contribution in [-0.4, -0.2) is 26.2 Å². The number of nitrogens with zero attached hydrogens (tertiary/aromatic N) is 1. The number of fused-ring (bicyclic) bond motifs is 1. The molecule has 0 fully saturated rings. The van der Waals surface area contributed by atoms with Crippen LogP contribution in [-0.2, 0) is 0 Å². The molecule has 0 N–H and O–H groups in total. The van der Waals surface area contributed by atoms with Crippen molar-refractivity contribution in [2.45, 2.75) is 5.59 Å². The Balaban J connectivity index is 2.40. The zero-order valence-electron chi connectivity index (χ0n) is 6.97. The van der Waals surface area contributed by atoms with Gasteiger partial charge in [-0.15, -0.1) is 0 Å². The summed E-state index contributed by atoms with van der Waals surface area (Å²) in [7, 11) is 10.6. The summed E-state index contributed by atoms with van der Waals surface area (Å²) < 4.78 is 9.85. The highest BCUT2D eigenvalue weighted by Crippen LogP contribution is 2.39. The predicted molar refractivity (Wildman–Crippen MR) is 48.6 cm³/mol. The second kappa shape index (κ2) is 2.67. The van der Waals surface area contributed by atoms with E-state index in [2.05, 4.69) is 0 Å². The van der Waals surface area contributed by atoms with Gasteiger partial charge in [-0.3, -0.25) is 10.1 Å². The Hall–Kier alpha value is -1.65.